The predicted octanol–water partition coefficient (Wildman–Crippen LogP) is 3.55. The van der Waals surface area contributed by atoms with Crippen LogP contribution in [0.4, 0.5) is 0 Å². The summed E-state index contributed by atoms with van der Waals surface area (Å²) in [7, 11) is 0. The Morgan fingerprint density at radius 3 is 3.00 bits per heavy atom. The van der Waals surface area contributed by atoms with Gasteiger partial charge in [-0.1, -0.05) is 42.3 Å². The largest absolute Gasteiger partial charge is 0.381 e. The monoisotopic (exact) mass is 287 g/mol. The van der Waals surface area contributed by atoms with Gasteiger partial charge in [-0.3, -0.25) is 0 Å². The maximum atomic E-state index is 6.24. The maximum absolute atomic E-state index is 6.24. The molecule has 2 atom stereocenters. The summed E-state index contributed by atoms with van der Waals surface area (Å²) in [6.45, 7) is 4.77. The Labute approximate surface area is 119 Å². The van der Waals surface area contributed by atoms with Crippen molar-refractivity contribution in [2.45, 2.75) is 25.8 Å². The van der Waals surface area contributed by atoms with Gasteiger partial charge >= 0.3 is 0 Å². The molecule has 2 nitrogen and oxygen atoms in total. The average Bonchev–Trinajstić information content (AvgIpc) is 2.37. The number of nitrogens with one attached hydrogen (secondary N) is 1. The molecule has 0 aliphatic carbocycles. The molecule has 100 valence electrons. The van der Waals surface area contributed by atoms with Gasteiger partial charge in [-0.2, -0.15) is 0 Å². The maximum Gasteiger partial charge on any atom is 0.0624 e. The molecule has 4 heteroatoms. The minimum Gasteiger partial charge on any atom is -0.381 e. The standard InChI is InChI=1S/C14H19Cl2NO/c1-2-17-13-6-7-18-9-11(13)8-10-4-3-5-12(15)14(10)16/h3-5,11,13,17H,2,6-9H2,1H3. The Hall–Kier alpha value is -0.280. The number of hydrogen-bond donors (Lipinski definition) is 1. The van der Waals surface area contributed by atoms with E-state index in [0.717, 1.165) is 38.2 Å². The van der Waals surface area contributed by atoms with Gasteiger partial charge in [-0.25, -0.2) is 0 Å². The van der Waals surface area contributed by atoms with Crippen molar-refractivity contribution in [1.29, 1.82) is 0 Å². The van der Waals surface area contributed by atoms with Crippen LogP contribution in [0.25, 0.3) is 0 Å². The molecule has 0 bridgehead atoms. The fourth-order valence-electron chi connectivity index (χ4n) is 2.52. The van der Waals surface area contributed by atoms with Crippen LogP contribution in [-0.4, -0.2) is 25.8 Å². The fourth-order valence-corrected chi connectivity index (χ4v) is 2.91. The highest BCUT2D eigenvalue weighted by Crippen LogP contribution is 2.29. The Morgan fingerprint density at radius 1 is 1.39 bits per heavy atom. The number of ether oxygens (including phenoxy) is 1. The van der Waals surface area contributed by atoms with Crippen LogP contribution in [0.15, 0.2) is 18.2 Å². The van der Waals surface area contributed by atoms with Crippen LogP contribution in [0.5, 0.6) is 0 Å². The molecular formula is C14H19Cl2NO. The topological polar surface area (TPSA) is 21.3 Å². The highest BCUT2D eigenvalue weighted by atomic mass is 35.5. The van der Waals surface area contributed by atoms with Crippen LogP contribution in [0.1, 0.15) is 18.9 Å². The zero-order valence-corrected chi connectivity index (χ0v) is 12.1. The summed E-state index contributed by atoms with van der Waals surface area (Å²) in [4.78, 5) is 0. The molecule has 2 unspecified atom stereocenters. The summed E-state index contributed by atoms with van der Waals surface area (Å²) in [5, 5.41) is 4.84. The Balaban J connectivity index is 2.08. The van der Waals surface area contributed by atoms with Crippen molar-refractivity contribution >= 4 is 23.2 Å². The molecule has 0 saturated carbocycles. The molecule has 0 aromatic heterocycles. The molecule has 1 heterocycles. The van der Waals surface area contributed by atoms with Gasteiger partial charge in [0.15, 0.2) is 0 Å². The van der Waals surface area contributed by atoms with E-state index < -0.39 is 0 Å². The fraction of sp³-hybridized carbons (Fsp3) is 0.571. The van der Waals surface area contributed by atoms with Crippen molar-refractivity contribution < 1.29 is 4.74 Å². The quantitative estimate of drug-likeness (QED) is 0.914. The molecule has 1 N–H and O–H groups in total. The van der Waals surface area contributed by atoms with Crippen molar-refractivity contribution in [1.82, 2.24) is 5.32 Å². The molecule has 2 rings (SSSR count). The molecule has 1 aromatic rings. The summed E-state index contributed by atoms with van der Waals surface area (Å²) < 4.78 is 5.58. The van der Waals surface area contributed by atoms with Crippen molar-refractivity contribution in [3.63, 3.8) is 0 Å². The van der Waals surface area contributed by atoms with Crippen molar-refractivity contribution in [3.05, 3.63) is 33.8 Å². The van der Waals surface area contributed by atoms with Crippen molar-refractivity contribution in [3.8, 4) is 0 Å². The van der Waals surface area contributed by atoms with Gasteiger partial charge in [0.05, 0.1) is 16.7 Å². The lowest BCUT2D eigenvalue weighted by atomic mass is 9.89. The first-order valence-corrected chi connectivity index (χ1v) is 7.22. The molecular weight excluding hydrogens is 269 g/mol. The minimum absolute atomic E-state index is 0.467. The van der Waals surface area contributed by atoms with E-state index in [1.807, 2.05) is 18.2 Å². The first-order valence-electron chi connectivity index (χ1n) is 6.46. The summed E-state index contributed by atoms with van der Waals surface area (Å²) in [5.74, 6) is 0.467. The normalized spacial score (nSPS) is 24.2. The number of halogens is 2. The molecule has 0 amide bonds. The first-order chi connectivity index (χ1) is 8.72. The van der Waals surface area contributed by atoms with Gasteiger partial charge in [0.1, 0.15) is 0 Å². The summed E-state index contributed by atoms with van der Waals surface area (Å²) in [6, 6.07) is 6.34. The third-order valence-corrected chi connectivity index (χ3v) is 4.31. The van der Waals surface area contributed by atoms with E-state index in [1.54, 1.807) is 0 Å². The molecule has 0 spiro atoms. The van der Waals surface area contributed by atoms with E-state index in [4.69, 9.17) is 27.9 Å². The summed E-state index contributed by atoms with van der Waals surface area (Å²) in [5.41, 5.74) is 1.11. The van der Waals surface area contributed by atoms with Gasteiger partial charge < -0.3 is 10.1 Å². The second-order valence-corrected chi connectivity index (χ2v) is 5.49. The average molecular weight is 288 g/mol. The van der Waals surface area contributed by atoms with Crippen LogP contribution in [-0.2, 0) is 11.2 Å². The van der Waals surface area contributed by atoms with Crippen LogP contribution >= 0.6 is 23.2 Å². The number of benzene rings is 1. The van der Waals surface area contributed by atoms with E-state index in [0.29, 0.717) is 22.0 Å². The third-order valence-electron chi connectivity index (χ3n) is 3.45. The van der Waals surface area contributed by atoms with Crippen molar-refractivity contribution in [2.75, 3.05) is 19.8 Å². The van der Waals surface area contributed by atoms with Crippen LogP contribution < -0.4 is 5.32 Å². The second-order valence-electron chi connectivity index (χ2n) is 4.70. The smallest absolute Gasteiger partial charge is 0.0624 e. The number of hydrogen-bond acceptors (Lipinski definition) is 2. The molecule has 1 aliphatic heterocycles. The Morgan fingerprint density at radius 2 is 2.22 bits per heavy atom. The van der Waals surface area contributed by atoms with Crippen molar-refractivity contribution in [2.24, 2.45) is 5.92 Å². The second kappa shape index (κ2) is 6.76. The van der Waals surface area contributed by atoms with Gasteiger partial charge in [0, 0.05) is 18.6 Å². The SMILES string of the molecule is CCNC1CCOCC1Cc1cccc(Cl)c1Cl. The number of rotatable bonds is 4. The highest BCUT2D eigenvalue weighted by molar-refractivity contribution is 6.42. The lowest BCUT2D eigenvalue weighted by molar-refractivity contribution is 0.0327. The first kappa shape index (κ1) is 14.1. The van der Waals surface area contributed by atoms with E-state index in [-0.39, 0.29) is 0 Å². The Kier molecular flexibility index (Phi) is 5.31. The van der Waals surface area contributed by atoms with Crippen LogP contribution in [0.2, 0.25) is 10.0 Å². The summed E-state index contributed by atoms with van der Waals surface area (Å²) in [6.07, 6.45) is 1.98. The highest BCUT2D eigenvalue weighted by Gasteiger charge is 2.25. The van der Waals surface area contributed by atoms with Gasteiger partial charge in [0.2, 0.25) is 0 Å². The van der Waals surface area contributed by atoms with E-state index >= 15 is 0 Å². The molecule has 1 fully saturated rings. The lowest BCUT2D eigenvalue weighted by Gasteiger charge is -2.32. The zero-order chi connectivity index (χ0) is 13.0. The molecule has 18 heavy (non-hydrogen) atoms. The van der Waals surface area contributed by atoms with Gasteiger partial charge in [-0.15, -0.1) is 0 Å². The molecule has 1 aliphatic rings. The van der Waals surface area contributed by atoms with Crippen LogP contribution in [0, 0.1) is 5.92 Å². The predicted molar refractivity (Wildman–Crippen MR) is 76.6 cm³/mol. The van der Waals surface area contributed by atoms with E-state index in [9.17, 15) is 0 Å². The van der Waals surface area contributed by atoms with Crippen LogP contribution in [0.3, 0.4) is 0 Å². The molecule has 1 aromatic carbocycles. The zero-order valence-electron chi connectivity index (χ0n) is 10.6. The molecule has 1 saturated heterocycles. The van der Waals surface area contributed by atoms with Gasteiger partial charge in [-0.05, 0) is 31.0 Å². The van der Waals surface area contributed by atoms with E-state index in [1.165, 1.54) is 0 Å². The minimum atomic E-state index is 0.467. The Bertz CT molecular complexity index is 395. The molecule has 0 radical (unpaired) electrons. The van der Waals surface area contributed by atoms with E-state index in [2.05, 4.69) is 12.2 Å². The lowest BCUT2D eigenvalue weighted by Crippen LogP contribution is -2.43. The summed E-state index contributed by atoms with van der Waals surface area (Å²) >= 11 is 12.3. The third kappa shape index (κ3) is 3.39. The van der Waals surface area contributed by atoms with Gasteiger partial charge in [0.25, 0.3) is 0 Å².